The van der Waals surface area contributed by atoms with E-state index in [1.165, 1.54) is 32.1 Å². The quantitative estimate of drug-likeness (QED) is 0.573. The minimum Gasteiger partial charge on any atom is -0.372 e. The maximum absolute atomic E-state index is 6.21. The van der Waals surface area contributed by atoms with Crippen molar-refractivity contribution < 1.29 is 4.74 Å². The molecule has 0 spiro atoms. The molecule has 1 aliphatic carbocycles. The summed E-state index contributed by atoms with van der Waals surface area (Å²) in [5.41, 5.74) is 0.673. The summed E-state index contributed by atoms with van der Waals surface area (Å²) in [4.78, 5) is 0. The van der Waals surface area contributed by atoms with Gasteiger partial charge in [0.1, 0.15) is 0 Å². The summed E-state index contributed by atoms with van der Waals surface area (Å²) in [6, 6.07) is 0. The van der Waals surface area contributed by atoms with Crippen LogP contribution in [0.2, 0.25) is 0 Å². The molecular weight excluding hydrogens is 172 g/mol. The lowest BCUT2D eigenvalue weighted by Crippen LogP contribution is -2.53. The Morgan fingerprint density at radius 1 is 1.07 bits per heavy atom. The second-order valence-corrected chi connectivity index (χ2v) is 6.21. The van der Waals surface area contributed by atoms with Gasteiger partial charge < -0.3 is 4.74 Å². The molecule has 2 aliphatic rings. The summed E-state index contributed by atoms with van der Waals surface area (Å²) in [5, 5.41) is 0. The van der Waals surface area contributed by atoms with Crippen molar-refractivity contribution in [2.75, 3.05) is 0 Å². The summed E-state index contributed by atoms with van der Waals surface area (Å²) in [7, 11) is 0. The van der Waals surface area contributed by atoms with Crippen LogP contribution in [-0.4, -0.2) is 11.7 Å². The van der Waals surface area contributed by atoms with Gasteiger partial charge in [-0.05, 0) is 50.9 Å². The van der Waals surface area contributed by atoms with Crippen LogP contribution in [0.5, 0.6) is 0 Å². The second-order valence-electron chi connectivity index (χ2n) is 6.21. The van der Waals surface area contributed by atoms with E-state index in [0.717, 1.165) is 5.92 Å². The van der Waals surface area contributed by atoms with E-state index in [9.17, 15) is 0 Å². The molecule has 2 fully saturated rings. The number of fused-ring (bicyclic) bond motifs is 1. The van der Waals surface area contributed by atoms with Gasteiger partial charge in [0.05, 0.1) is 11.7 Å². The van der Waals surface area contributed by atoms with Crippen LogP contribution in [0.4, 0.5) is 0 Å². The molecule has 1 saturated heterocycles. The van der Waals surface area contributed by atoms with E-state index in [0.29, 0.717) is 11.5 Å². The molecule has 2 rings (SSSR count). The Balaban J connectivity index is 2.21. The summed E-state index contributed by atoms with van der Waals surface area (Å²) in [5.74, 6) is 0.778. The van der Waals surface area contributed by atoms with Crippen molar-refractivity contribution in [2.24, 2.45) is 11.3 Å². The van der Waals surface area contributed by atoms with Gasteiger partial charge in [-0.15, -0.1) is 0 Å². The van der Waals surface area contributed by atoms with Gasteiger partial charge in [-0.1, -0.05) is 20.3 Å². The number of ether oxygens (including phenoxy) is 1. The molecule has 0 N–H and O–H groups in total. The molecule has 1 heteroatoms. The fraction of sp³-hybridized carbons (Fsp3) is 1.00. The van der Waals surface area contributed by atoms with Crippen molar-refractivity contribution in [1.82, 2.24) is 0 Å². The normalized spacial score (nSPS) is 47.1. The molecule has 0 aromatic rings. The Kier molecular flexibility index (Phi) is 2.42. The predicted molar refractivity (Wildman–Crippen MR) is 59.3 cm³/mol. The number of hydrogen-bond donors (Lipinski definition) is 0. The minimum atomic E-state index is 0.180. The molecule has 82 valence electrons. The lowest BCUT2D eigenvalue weighted by Gasteiger charge is -2.54. The SMILES string of the molecule is CC1CCC2C(C)(C)CCCC2(C)O1. The van der Waals surface area contributed by atoms with Gasteiger partial charge in [-0.3, -0.25) is 0 Å². The van der Waals surface area contributed by atoms with Gasteiger partial charge in [0.15, 0.2) is 0 Å². The van der Waals surface area contributed by atoms with E-state index in [-0.39, 0.29) is 5.60 Å². The van der Waals surface area contributed by atoms with E-state index in [1.54, 1.807) is 0 Å². The van der Waals surface area contributed by atoms with Crippen molar-refractivity contribution in [2.45, 2.75) is 71.5 Å². The molecule has 14 heavy (non-hydrogen) atoms. The standard InChI is InChI=1S/C13H24O/c1-10-6-7-11-12(2,3)8-5-9-13(11,4)14-10/h10-11H,5-9H2,1-4H3. The Bertz CT molecular complexity index is 221. The van der Waals surface area contributed by atoms with E-state index in [2.05, 4.69) is 27.7 Å². The van der Waals surface area contributed by atoms with Crippen LogP contribution in [0.25, 0.3) is 0 Å². The lowest BCUT2D eigenvalue weighted by molar-refractivity contribution is -0.193. The number of hydrogen-bond acceptors (Lipinski definition) is 1. The molecule has 0 aromatic carbocycles. The van der Waals surface area contributed by atoms with E-state index in [4.69, 9.17) is 4.74 Å². The molecule has 1 saturated carbocycles. The highest BCUT2D eigenvalue weighted by Crippen LogP contribution is 2.52. The maximum atomic E-state index is 6.21. The summed E-state index contributed by atoms with van der Waals surface area (Å²) in [6.45, 7) is 9.42. The average Bonchev–Trinajstić information content (AvgIpc) is 2.00. The van der Waals surface area contributed by atoms with Crippen LogP contribution >= 0.6 is 0 Å². The zero-order chi connectivity index (χ0) is 10.4. The van der Waals surface area contributed by atoms with Crippen LogP contribution in [-0.2, 0) is 4.74 Å². The lowest BCUT2D eigenvalue weighted by atomic mass is 9.59. The van der Waals surface area contributed by atoms with Gasteiger partial charge in [-0.2, -0.15) is 0 Å². The fourth-order valence-corrected chi connectivity index (χ4v) is 3.83. The minimum absolute atomic E-state index is 0.180. The molecule has 0 radical (unpaired) electrons. The molecule has 0 aromatic heterocycles. The monoisotopic (exact) mass is 196 g/mol. The average molecular weight is 196 g/mol. The molecule has 1 heterocycles. The first-order valence-corrected chi connectivity index (χ1v) is 6.12. The third-order valence-electron chi connectivity index (χ3n) is 4.51. The molecule has 0 amide bonds. The Morgan fingerprint density at radius 3 is 2.50 bits per heavy atom. The van der Waals surface area contributed by atoms with Gasteiger partial charge in [0.2, 0.25) is 0 Å². The van der Waals surface area contributed by atoms with E-state index >= 15 is 0 Å². The first-order chi connectivity index (χ1) is 6.44. The first kappa shape index (κ1) is 10.5. The molecule has 3 atom stereocenters. The highest BCUT2D eigenvalue weighted by molar-refractivity contribution is 4.99. The van der Waals surface area contributed by atoms with Crippen molar-refractivity contribution >= 4 is 0 Å². The van der Waals surface area contributed by atoms with Crippen molar-refractivity contribution in [3.63, 3.8) is 0 Å². The predicted octanol–water partition coefficient (Wildman–Crippen LogP) is 3.77. The maximum Gasteiger partial charge on any atom is 0.0691 e. The van der Waals surface area contributed by atoms with Crippen LogP contribution in [0.1, 0.15) is 59.8 Å². The number of rotatable bonds is 0. The van der Waals surface area contributed by atoms with Gasteiger partial charge >= 0.3 is 0 Å². The van der Waals surface area contributed by atoms with Gasteiger partial charge in [0.25, 0.3) is 0 Å². The third kappa shape index (κ3) is 1.60. The Labute approximate surface area is 88.2 Å². The van der Waals surface area contributed by atoms with Crippen molar-refractivity contribution in [3.8, 4) is 0 Å². The molecule has 1 nitrogen and oxygen atoms in total. The van der Waals surface area contributed by atoms with Crippen molar-refractivity contribution in [1.29, 1.82) is 0 Å². The van der Waals surface area contributed by atoms with E-state index < -0.39 is 0 Å². The zero-order valence-electron chi connectivity index (χ0n) is 10.1. The second kappa shape index (κ2) is 3.23. The molecular formula is C13H24O. The van der Waals surface area contributed by atoms with Gasteiger partial charge in [0, 0.05) is 0 Å². The van der Waals surface area contributed by atoms with Crippen molar-refractivity contribution in [3.05, 3.63) is 0 Å². The summed E-state index contributed by atoms with van der Waals surface area (Å²) < 4.78 is 6.21. The Morgan fingerprint density at radius 2 is 1.79 bits per heavy atom. The van der Waals surface area contributed by atoms with Crippen LogP contribution in [0.15, 0.2) is 0 Å². The smallest absolute Gasteiger partial charge is 0.0691 e. The van der Waals surface area contributed by atoms with Gasteiger partial charge in [-0.25, -0.2) is 0 Å². The Hall–Kier alpha value is -0.0400. The van der Waals surface area contributed by atoms with Crippen LogP contribution in [0, 0.1) is 11.3 Å². The summed E-state index contributed by atoms with van der Waals surface area (Å²) >= 11 is 0. The molecule has 1 aliphatic heterocycles. The van der Waals surface area contributed by atoms with Crippen LogP contribution in [0.3, 0.4) is 0 Å². The summed E-state index contributed by atoms with van der Waals surface area (Å²) in [6.07, 6.45) is 7.09. The molecule has 3 unspecified atom stereocenters. The fourth-order valence-electron chi connectivity index (χ4n) is 3.83. The molecule has 0 bridgehead atoms. The third-order valence-corrected chi connectivity index (χ3v) is 4.51. The zero-order valence-corrected chi connectivity index (χ0v) is 10.1. The highest BCUT2D eigenvalue weighted by atomic mass is 16.5. The van der Waals surface area contributed by atoms with Crippen LogP contribution < -0.4 is 0 Å². The first-order valence-electron chi connectivity index (χ1n) is 6.12. The largest absolute Gasteiger partial charge is 0.372 e. The van der Waals surface area contributed by atoms with E-state index in [1.807, 2.05) is 0 Å². The topological polar surface area (TPSA) is 9.23 Å². The highest BCUT2D eigenvalue weighted by Gasteiger charge is 2.49.